The summed E-state index contributed by atoms with van der Waals surface area (Å²) in [7, 11) is 0. The van der Waals surface area contributed by atoms with Crippen LogP contribution in [0.25, 0.3) is 0 Å². The van der Waals surface area contributed by atoms with Gasteiger partial charge in [-0.1, -0.05) is 12.8 Å². The van der Waals surface area contributed by atoms with Crippen molar-refractivity contribution in [3.63, 3.8) is 0 Å². The molecule has 0 aromatic heterocycles. The van der Waals surface area contributed by atoms with E-state index in [0.717, 1.165) is 12.8 Å². The Bertz CT molecular complexity index is 18.5. The fourth-order valence-electron chi connectivity index (χ4n) is 0.354. The molecule has 0 bridgehead atoms. The Labute approximate surface area is 74.3 Å². The molecule has 0 spiro atoms. The molecule has 0 aromatic rings. The standard InChI is InChI=1S/C6H12.2Cr/c1-3-5-6-4-2;;/h1-6H2;;/q-2;;+2. The Morgan fingerprint density at radius 1 is 0.875 bits per heavy atom. The zero-order valence-electron chi connectivity index (χ0n) is 5.06. The summed E-state index contributed by atoms with van der Waals surface area (Å²) in [5, 5.41) is 0. The summed E-state index contributed by atoms with van der Waals surface area (Å²) in [6.07, 6.45) is 4.61. The average molecular weight is 188 g/mol. The second-order valence-corrected chi connectivity index (χ2v) is 1.41. The zero-order chi connectivity index (χ0) is 4.83. The molecule has 0 radical (unpaired) electrons. The Morgan fingerprint density at radius 2 is 1.12 bits per heavy atom. The Kier molecular flexibility index (Phi) is 31.4. The predicted molar refractivity (Wildman–Crippen MR) is 29.2 cm³/mol. The third-order valence-corrected chi connectivity index (χ3v) is 0.750. The summed E-state index contributed by atoms with van der Waals surface area (Å²) in [6.45, 7) is 7.39. The molecule has 0 rings (SSSR count). The second-order valence-electron chi connectivity index (χ2n) is 1.41. The van der Waals surface area contributed by atoms with Crippen LogP contribution in [0.5, 0.6) is 0 Å². The van der Waals surface area contributed by atoms with Gasteiger partial charge in [0.15, 0.2) is 0 Å². The van der Waals surface area contributed by atoms with Gasteiger partial charge in [-0.3, -0.25) is 0 Å². The van der Waals surface area contributed by atoms with Crippen LogP contribution < -0.4 is 0 Å². The summed E-state index contributed by atoms with van der Waals surface area (Å²) in [5.41, 5.74) is 0. The van der Waals surface area contributed by atoms with Gasteiger partial charge in [-0.05, 0) is 0 Å². The van der Waals surface area contributed by atoms with Gasteiger partial charge in [0, 0.05) is 17.4 Å². The fourth-order valence-corrected chi connectivity index (χ4v) is 0.354. The maximum absolute atomic E-state index is 3.70. The van der Waals surface area contributed by atoms with Crippen LogP contribution in [0, 0.1) is 13.8 Å². The first-order valence-electron chi connectivity index (χ1n) is 2.50. The van der Waals surface area contributed by atoms with Gasteiger partial charge in [0.1, 0.15) is 0 Å². The van der Waals surface area contributed by atoms with Gasteiger partial charge in [-0.15, -0.1) is 0 Å². The molecule has 0 nitrogen and oxygen atoms in total. The maximum Gasteiger partial charge on any atom is 2.00 e. The van der Waals surface area contributed by atoms with E-state index in [2.05, 4.69) is 13.8 Å². The molecule has 0 aliphatic heterocycles. The van der Waals surface area contributed by atoms with Crippen LogP contribution in [-0.4, -0.2) is 0 Å². The molecule has 0 amide bonds. The van der Waals surface area contributed by atoms with Gasteiger partial charge in [0.05, 0.1) is 0 Å². The first-order chi connectivity index (χ1) is 2.91. The van der Waals surface area contributed by atoms with E-state index in [1.807, 2.05) is 0 Å². The third-order valence-electron chi connectivity index (χ3n) is 0.750. The van der Waals surface area contributed by atoms with E-state index in [1.54, 1.807) is 0 Å². The average Bonchev–Trinajstić information content (AvgIpc) is 1.61. The normalized spacial score (nSPS) is 6.75. The zero-order valence-corrected chi connectivity index (χ0v) is 7.61. The summed E-state index contributed by atoms with van der Waals surface area (Å²) in [6, 6.07) is 0. The fraction of sp³-hybridized carbons (Fsp3) is 0.667. The number of unbranched alkanes of at least 4 members (excludes halogenated alkanes) is 3. The molecule has 0 atom stereocenters. The van der Waals surface area contributed by atoms with Crippen LogP contribution >= 0.6 is 0 Å². The van der Waals surface area contributed by atoms with Crippen LogP contribution in [0.2, 0.25) is 0 Å². The number of hydrogen-bond donors (Lipinski definition) is 0. The largest absolute Gasteiger partial charge is 2.00 e. The minimum Gasteiger partial charge on any atom is -0.343 e. The van der Waals surface area contributed by atoms with E-state index in [0.29, 0.717) is 0 Å². The van der Waals surface area contributed by atoms with Crippen LogP contribution in [0.4, 0.5) is 0 Å². The van der Waals surface area contributed by atoms with E-state index >= 15 is 0 Å². The molecule has 2 heteroatoms. The van der Waals surface area contributed by atoms with Crippen molar-refractivity contribution < 1.29 is 34.7 Å². The van der Waals surface area contributed by atoms with Crippen LogP contribution in [0.1, 0.15) is 25.7 Å². The number of rotatable bonds is 3. The smallest absolute Gasteiger partial charge is 0.343 e. The van der Waals surface area contributed by atoms with Crippen LogP contribution in [0.15, 0.2) is 0 Å². The Hall–Kier alpha value is 1.06. The Morgan fingerprint density at radius 3 is 1.25 bits per heavy atom. The van der Waals surface area contributed by atoms with E-state index in [9.17, 15) is 0 Å². The van der Waals surface area contributed by atoms with Crippen molar-refractivity contribution in [1.29, 1.82) is 0 Å². The molecule has 0 N–H and O–H groups in total. The van der Waals surface area contributed by atoms with Crippen molar-refractivity contribution in [2.24, 2.45) is 0 Å². The van der Waals surface area contributed by atoms with Gasteiger partial charge in [-0.2, -0.15) is 12.8 Å². The van der Waals surface area contributed by atoms with E-state index < -0.39 is 0 Å². The second kappa shape index (κ2) is 15.7. The maximum atomic E-state index is 3.70. The van der Waals surface area contributed by atoms with Crippen LogP contribution in [-0.2, 0) is 34.7 Å². The topological polar surface area (TPSA) is 0 Å². The van der Waals surface area contributed by atoms with Crippen molar-refractivity contribution in [2.75, 3.05) is 0 Å². The van der Waals surface area contributed by atoms with Gasteiger partial charge in [0.2, 0.25) is 0 Å². The van der Waals surface area contributed by atoms with E-state index in [4.69, 9.17) is 0 Å². The first kappa shape index (κ1) is 16.0. The van der Waals surface area contributed by atoms with Gasteiger partial charge >= 0.3 is 17.4 Å². The molecule has 0 saturated heterocycles. The third kappa shape index (κ3) is 15.7. The molecule has 0 aromatic carbocycles. The van der Waals surface area contributed by atoms with Crippen molar-refractivity contribution in [1.82, 2.24) is 0 Å². The molecule has 0 fully saturated rings. The quantitative estimate of drug-likeness (QED) is 0.470. The van der Waals surface area contributed by atoms with Crippen molar-refractivity contribution in [3.8, 4) is 0 Å². The van der Waals surface area contributed by atoms with Gasteiger partial charge in [0.25, 0.3) is 0 Å². The van der Waals surface area contributed by atoms with Gasteiger partial charge in [-0.25, -0.2) is 0 Å². The van der Waals surface area contributed by atoms with Crippen LogP contribution in [0.3, 0.4) is 0 Å². The SMILES string of the molecule is [CH2-]CCCC[CH2-].[Cr+2].[Cr]. The summed E-state index contributed by atoms with van der Waals surface area (Å²) < 4.78 is 0. The van der Waals surface area contributed by atoms with Crippen molar-refractivity contribution in [2.45, 2.75) is 25.7 Å². The molecular formula is C6H12Cr2. The Balaban J connectivity index is -0.000000125. The van der Waals surface area contributed by atoms with Crippen molar-refractivity contribution >= 4 is 0 Å². The molecule has 0 saturated carbocycles. The van der Waals surface area contributed by atoms with E-state index in [1.165, 1.54) is 12.8 Å². The predicted octanol–water partition coefficient (Wildman–Crippen LogP) is 2.21. The molecule has 48 valence electrons. The van der Waals surface area contributed by atoms with Gasteiger partial charge < -0.3 is 13.8 Å². The molecule has 0 aliphatic rings. The first-order valence-corrected chi connectivity index (χ1v) is 2.50. The molecule has 0 aliphatic carbocycles. The van der Waals surface area contributed by atoms with E-state index in [-0.39, 0.29) is 34.7 Å². The molecule has 0 unspecified atom stereocenters. The monoisotopic (exact) mass is 188 g/mol. The summed E-state index contributed by atoms with van der Waals surface area (Å²) >= 11 is 0. The molecule has 8 heavy (non-hydrogen) atoms. The minimum absolute atomic E-state index is 0. The summed E-state index contributed by atoms with van der Waals surface area (Å²) in [5.74, 6) is 0. The number of hydrogen-bond acceptors (Lipinski definition) is 0. The van der Waals surface area contributed by atoms with Crippen molar-refractivity contribution in [3.05, 3.63) is 13.8 Å². The minimum atomic E-state index is 0. The summed E-state index contributed by atoms with van der Waals surface area (Å²) in [4.78, 5) is 0. The molecule has 0 heterocycles. The molecular weight excluding hydrogens is 176 g/mol.